The number of rotatable bonds is 4. The number of amides is 4. The van der Waals surface area contributed by atoms with E-state index < -0.39 is 34.6 Å². The lowest BCUT2D eigenvalue weighted by atomic mass is 9.95. The Kier molecular flexibility index (Phi) is 4.74. The highest BCUT2D eigenvalue weighted by Gasteiger charge is 2.41. The van der Waals surface area contributed by atoms with Crippen molar-refractivity contribution < 1.29 is 18.6 Å². The zero-order chi connectivity index (χ0) is 15.6. The zero-order valence-corrected chi connectivity index (χ0v) is 12.7. The van der Waals surface area contributed by atoms with Crippen LogP contribution in [0.2, 0.25) is 5.02 Å². The Labute approximate surface area is 128 Å². The smallest absolute Gasteiger partial charge is 0.277 e. The number of carbonyl (C=O) groups excluding carboxylic acids is 3. The van der Waals surface area contributed by atoms with Crippen LogP contribution in [-0.2, 0) is 20.4 Å². The van der Waals surface area contributed by atoms with Gasteiger partial charge in [0.25, 0.3) is 0 Å². The summed E-state index contributed by atoms with van der Waals surface area (Å²) in [5, 5.41) is 2.53. The molecule has 4 amide bonds. The van der Waals surface area contributed by atoms with E-state index in [4.69, 9.17) is 11.6 Å². The number of nitrogens with zero attached hydrogens (tertiary/aromatic N) is 1. The maximum atomic E-state index is 12.4. The molecule has 0 aliphatic carbocycles. The number of carbonyl (C=O) groups is 3. The van der Waals surface area contributed by atoms with Crippen molar-refractivity contribution in [3.05, 3.63) is 34.9 Å². The molecule has 1 aromatic carbocycles. The summed E-state index contributed by atoms with van der Waals surface area (Å²) < 4.78 is 11.1. The Morgan fingerprint density at radius 2 is 2.05 bits per heavy atom. The van der Waals surface area contributed by atoms with Crippen LogP contribution in [0.4, 0.5) is 4.79 Å². The molecule has 2 unspecified atom stereocenters. The first kappa shape index (κ1) is 15.7. The van der Waals surface area contributed by atoms with E-state index in [1.807, 2.05) is 0 Å². The van der Waals surface area contributed by atoms with Gasteiger partial charge in [-0.1, -0.05) is 23.7 Å². The maximum absolute atomic E-state index is 12.4. The van der Waals surface area contributed by atoms with E-state index in [-0.39, 0.29) is 12.3 Å². The first-order chi connectivity index (χ1) is 9.90. The highest BCUT2D eigenvalue weighted by Crippen LogP contribution is 2.24. The van der Waals surface area contributed by atoms with Crippen molar-refractivity contribution in [2.75, 3.05) is 18.6 Å². The van der Waals surface area contributed by atoms with Crippen LogP contribution < -0.4 is 5.32 Å². The average Bonchev–Trinajstić information content (AvgIpc) is 2.37. The fourth-order valence-corrected chi connectivity index (χ4v) is 2.66. The van der Waals surface area contributed by atoms with Crippen molar-refractivity contribution in [3.63, 3.8) is 0 Å². The van der Waals surface area contributed by atoms with Crippen LogP contribution >= 0.6 is 11.6 Å². The minimum absolute atomic E-state index is 0.00186. The minimum Gasteiger partial charge on any atom is -0.277 e. The molecule has 1 fully saturated rings. The van der Waals surface area contributed by atoms with E-state index in [0.29, 0.717) is 10.6 Å². The van der Waals surface area contributed by atoms with E-state index in [0.717, 1.165) is 4.90 Å². The van der Waals surface area contributed by atoms with E-state index in [1.165, 1.54) is 12.3 Å². The number of halogens is 1. The Bertz CT molecular complexity index is 634. The van der Waals surface area contributed by atoms with Crippen molar-refractivity contribution in [1.82, 2.24) is 10.2 Å². The van der Waals surface area contributed by atoms with Gasteiger partial charge in [-0.15, -0.1) is 0 Å². The number of nitrogens with one attached hydrogen (secondary N) is 1. The second kappa shape index (κ2) is 6.36. The molecule has 0 aromatic heterocycles. The van der Waals surface area contributed by atoms with Gasteiger partial charge in [-0.3, -0.25) is 24.0 Å². The number of benzene rings is 1. The lowest BCUT2D eigenvalue weighted by Crippen LogP contribution is -2.57. The molecule has 0 radical (unpaired) electrons. The summed E-state index contributed by atoms with van der Waals surface area (Å²) in [6.07, 6.45) is 1.48. The van der Waals surface area contributed by atoms with Crippen LogP contribution in [0.25, 0.3) is 0 Å². The number of hydrogen-bond acceptors (Lipinski definition) is 4. The van der Waals surface area contributed by atoms with Gasteiger partial charge in [0, 0.05) is 34.4 Å². The highest BCUT2D eigenvalue weighted by molar-refractivity contribution is 7.84. The predicted octanol–water partition coefficient (Wildman–Crippen LogP) is 0.880. The monoisotopic (exact) mass is 328 g/mol. The van der Waals surface area contributed by atoms with E-state index in [9.17, 15) is 18.6 Å². The van der Waals surface area contributed by atoms with E-state index in [2.05, 4.69) is 5.32 Å². The molecule has 1 saturated heterocycles. The average molecular weight is 329 g/mol. The van der Waals surface area contributed by atoms with Crippen molar-refractivity contribution in [2.45, 2.75) is 5.92 Å². The Balaban J connectivity index is 2.28. The van der Waals surface area contributed by atoms with Gasteiger partial charge in [0.2, 0.25) is 11.8 Å². The Morgan fingerprint density at radius 1 is 1.33 bits per heavy atom. The highest BCUT2D eigenvalue weighted by atomic mass is 35.5. The van der Waals surface area contributed by atoms with Crippen LogP contribution in [0.1, 0.15) is 11.5 Å². The largest absolute Gasteiger partial charge is 0.330 e. The van der Waals surface area contributed by atoms with Crippen LogP contribution in [0.5, 0.6) is 0 Å². The van der Waals surface area contributed by atoms with Gasteiger partial charge in [0.15, 0.2) is 0 Å². The van der Waals surface area contributed by atoms with Crippen molar-refractivity contribution in [1.29, 1.82) is 0 Å². The summed E-state index contributed by atoms with van der Waals surface area (Å²) >= 11 is 5.86. The second-order valence-corrected chi connectivity index (χ2v) is 6.54. The molecule has 2 rings (SSSR count). The summed E-state index contributed by atoms with van der Waals surface area (Å²) in [6, 6.07) is 5.57. The lowest BCUT2D eigenvalue weighted by molar-refractivity contribution is -0.138. The first-order valence-electron chi connectivity index (χ1n) is 6.12. The topological polar surface area (TPSA) is 83.6 Å². The zero-order valence-electron chi connectivity index (χ0n) is 11.2. The third kappa shape index (κ3) is 3.48. The second-order valence-electron chi connectivity index (χ2n) is 4.55. The number of urea groups is 1. The third-order valence-electron chi connectivity index (χ3n) is 3.03. The fourth-order valence-electron chi connectivity index (χ4n) is 2.02. The SMILES string of the molecule is CS(=O)CCN1C(=O)NC(=O)C(c2cccc(Cl)c2)C1=O. The van der Waals surface area contributed by atoms with E-state index in [1.54, 1.807) is 18.2 Å². The molecular formula is C13H13ClN2O4S. The molecule has 1 aliphatic rings. The fraction of sp³-hybridized carbons (Fsp3) is 0.308. The van der Waals surface area contributed by atoms with Crippen LogP contribution in [0.15, 0.2) is 24.3 Å². The summed E-state index contributed by atoms with van der Waals surface area (Å²) in [5.41, 5.74) is 0.417. The summed E-state index contributed by atoms with van der Waals surface area (Å²) in [5.74, 6) is -2.26. The van der Waals surface area contributed by atoms with Gasteiger partial charge >= 0.3 is 6.03 Å². The van der Waals surface area contributed by atoms with Crippen LogP contribution in [0.3, 0.4) is 0 Å². The molecule has 8 heteroatoms. The van der Waals surface area contributed by atoms with Gasteiger partial charge in [-0.05, 0) is 17.7 Å². The summed E-state index contributed by atoms with van der Waals surface area (Å²) in [4.78, 5) is 36.9. The molecule has 0 bridgehead atoms. The van der Waals surface area contributed by atoms with Gasteiger partial charge in [0.1, 0.15) is 5.92 Å². The summed E-state index contributed by atoms with van der Waals surface area (Å²) in [6.45, 7) is -0.00186. The maximum Gasteiger partial charge on any atom is 0.330 e. The Morgan fingerprint density at radius 3 is 2.67 bits per heavy atom. The predicted molar refractivity (Wildman–Crippen MR) is 78.4 cm³/mol. The lowest BCUT2D eigenvalue weighted by Gasteiger charge is -2.30. The van der Waals surface area contributed by atoms with Crippen molar-refractivity contribution >= 4 is 40.2 Å². The molecule has 6 nitrogen and oxygen atoms in total. The number of hydrogen-bond donors (Lipinski definition) is 1. The van der Waals surface area contributed by atoms with Gasteiger partial charge in [0.05, 0.1) is 0 Å². The van der Waals surface area contributed by atoms with Gasteiger partial charge < -0.3 is 0 Å². The molecule has 1 aromatic rings. The third-order valence-corrected chi connectivity index (χ3v) is 4.03. The molecule has 21 heavy (non-hydrogen) atoms. The quantitative estimate of drug-likeness (QED) is 0.832. The van der Waals surface area contributed by atoms with Gasteiger partial charge in [-0.2, -0.15) is 0 Å². The Hall–Kier alpha value is -1.73. The molecule has 112 valence electrons. The first-order valence-corrected chi connectivity index (χ1v) is 8.22. The normalized spacial score (nSPS) is 20.4. The molecule has 0 spiro atoms. The number of imide groups is 2. The van der Waals surface area contributed by atoms with E-state index >= 15 is 0 Å². The summed E-state index contributed by atoms with van der Waals surface area (Å²) in [7, 11) is -1.15. The molecular weight excluding hydrogens is 316 g/mol. The molecule has 1 N–H and O–H groups in total. The van der Waals surface area contributed by atoms with Crippen molar-refractivity contribution in [2.24, 2.45) is 0 Å². The molecule has 1 aliphatic heterocycles. The number of barbiturate groups is 1. The van der Waals surface area contributed by atoms with Gasteiger partial charge in [-0.25, -0.2) is 4.79 Å². The molecule has 1 heterocycles. The molecule has 0 saturated carbocycles. The minimum atomic E-state index is -1.15. The van der Waals surface area contributed by atoms with Crippen molar-refractivity contribution in [3.8, 4) is 0 Å². The van der Waals surface area contributed by atoms with Crippen LogP contribution in [-0.4, -0.2) is 45.5 Å². The standard InChI is InChI=1S/C13H13ClN2O4S/c1-21(20)6-5-16-12(18)10(11(17)15-13(16)19)8-3-2-4-9(14)7-8/h2-4,7,10H,5-6H2,1H3,(H,15,17,19). The van der Waals surface area contributed by atoms with Crippen LogP contribution in [0, 0.1) is 0 Å². The molecule has 2 atom stereocenters.